The predicted octanol–water partition coefficient (Wildman–Crippen LogP) is 3.94. The molecule has 0 amide bonds. The highest BCUT2D eigenvalue weighted by atomic mass is 16.3. The normalized spacial score (nSPS) is 21.1. The number of fused-ring (bicyclic) bond motifs is 2. The fourth-order valence-electron chi connectivity index (χ4n) is 3.03. The second-order valence-electron chi connectivity index (χ2n) is 5.21. The molecule has 0 radical (unpaired) electrons. The van der Waals surface area contributed by atoms with Crippen LogP contribution in [0.5, 0.6) is 0 Å². The lowest BCUT2D eigenvalue weighted by Crippen LogP contribution is -2.18. The van der Waals surface area contributed by atoms with E-state index >= 15 is 0 Å². The van der Waals surface area contributed by atoms with Crippen molar-refractivity contribution in [2.75, 3.05) is 0 Å². The number of aromatic nitrogens is 1. The predicted molar refractivity (Wildman–Crippen MR) is 81.4 cm³/mol. The van der Waals surface area contributed by atoms with Crippen LogP contribution in [-0.4, -0.2) is 9.67 Å². The molecule has 2 aromatic carbocycles. The lowest BCUT2D eigenvalue weighted by molar-refractivity contribution is 0.135. The van der Waals surface area contributed by atoms with Gasteiger partial charge in [0.2, 0.25) is 0 Å². The van der Waals surface area contributed by atoms with Gasteiger partial charge in [-0.2, -0.15) is 0 Å². The molecular formula is C18H15NO. The van der Waals surface area contributed by atoms with E-state index in [2.05, 4.69) is 41.1 Å². The topological polar surface area (TPSA) is 25.2 Å². The number of aliphatic hydroxyl groups excluding tert-OH is 1. The van der Waals surface area contributed by atoms with Crippen molar-refractivity contribution in [3.05, 3.63) is 78.0 Å². The van der Waals surface area contributed by atoms with Crippen LogP contribution >= 0.6 is 0 Å². The molecule has 0 unspecified atom stereocenters. The Bertz CT molecular complexity index is 800. The summed E-state index contributed by atoms with van der Waals surface area (Å²) in [4.78, 5) is 0. The summed E-state index contributed by atoms with van der Waals surface area (Å²) >= 11 is 0. The Kier molecular flexibility index (Phi) is 2.51. The van der Waals surface area contributed by atoms with Crippen molar-refractivity contribution < 1.29 is 5.11 Å². The van der Waals surface area contributed by atoms with Crippen LogP contribution < -0.4 is 0 Å². The lowest BCUT2D eigenvalue weighted by Gasteiger charge is -2.27. The quantitative estimate of drug-likeness (QED) is 0.705. The van der Waals surface area contributed by atoms with Crippen LogP contribution in [0, 0.1) is 0 Å². The first-order valence-electron chi connectivity index (χ1n) is 6.85. The lowest BCUT2D eigenvalue weighted by atomic mass is 9.91. The van der Waals surface area contributed by atoms with Gasteiger partial charge in [0.1, 0.15) is 6.10 Å². The van der Waals surface area contributed by atoms with Crippen molar-refractivity contribution in [3.8, 4) is 0 Å². The minimum atomic E-state index is -0.507. The number of aliphatic hydroxyl groups is 1. The van der Waals surface area contributed by atoms with E-state index in [0.717, 1.165) is 16.6 Å². The molecule has 0 saturated carbocycles. The molecule has 0 saturated heterocycles. The van der Waals surface area contributed by atoms with Crippen molar-refractivity contribution >= 4 is 17.0 Å². The molecule has 1 heterocycles. The summed E-state index contributed by atoms with van der Waals surface area (Å²) in [6.45, 7) is 0. The number of benzene rings is 2. The maximum absolute atomic E-state index is 10.7. The third kappa shape index (κ3) is 1.62. The minimum absolute atomic E-state index is 0.0511. The highest BCUT2D eigenvalue weighted by molar-refractivity contribution is 5.80. The molecule has 0 fully saturated rings. The SMILES string of the molecule is O[C@@H]1c2ccccc2C=C[C@H]1n1ccc2ccccc21. The second kappa shape index (κ2) is 4.36. The minimum Gasteiger partial charge on any atom is -0.386 e. The zero-order valence-electron chi connectivity index (χ0n) is 11.0. The van der Waals surface area contributed by atoms with Crippen LogP contribution in [0.15, 0.2) is 66.9 Å². The first-order chi connectivity index (χ1) is 9.84. The fourth-order valence-corrected chi connectivity index (χ4v) is 3.03. The van der Waals surface area contributed by atoms with Crippen molar-refractivity contribution in [1.82, 2.24) is 4.57 Å². The van der Waals surface area contributed by atoms with E-state index in [1.807, 2.05) is 36.4 Å². The third-order valence-corrected chi connectivity index (χ3v) is 4.06. The molecule has 1 aromatic heterocycles. The number of nitrogens with zero attached hydrogens (tertiary/aromatic N) is 1. The van der Waals surface area contributed by atoms with Gasteiger partial charge < -0.3 is 9.67 Å². The van der Waals surface area contributed by atoms with Gasteiger partial charge in [0, 0.05) is 11.7 Å². The van der Waals surface area contributed by atoms with Gasteiger partial charge in [-0.15, -0.1) is 0 Å². The number of para-hydroxylation sites is 1. The van der Waals surface area contributed by atoms with Crippen LogP contribution in [0.1, 0.15) is 23.3 Å². The summed E-state index contributed by atoms with van der Waals surface area (Å²) in [6.07, 6.45) is 5.73. The summed E-state index contributed by atoms with van der Waals surface area (Å²) in [5.74, 6) is 0. The van der Waals surface area contributed by atoms with Gasteiger partial charge in [0.05, 0.1) is 6.04 Å². The highest BCUT2D eigenvalue weighted by Gasteiger charge is 2.25. The first kappa shape index (κ1) is 11.5. The average Bonchev–Trinajstić information content (AvgIpc) is 2.92. The number of rotatable bonds is 1. The molecular weight excluding hydrogens is 246 g/mol. The Hall–Kier alpha value is -2.32. The molecule has 3 aromatic rings. The Morgan fingerprint density at radius 3 is 2.65 bits per heavy atom. The molecule has 2 heteroatoms. The van der Waals surface area contributed by atoms with Crippen molar-refractivity contribution in [2.45, 2.75) is 12.1 Å². The van der Waals surface area contributed by atoms with E-state index in [-0.39, 0.29) is 6.04 Å². The zero-order valence-corrected chi connectivity index (χ0v) is 11.0. The van der Waals surface area contributed by atoms with E-state index in [9.17, 15) is 5.11 Å². The van der Waals surface area contributed by atoms with Gasteiger partial charge in [-0.25, -0.2) is 0 Å². The van der Waals surface area contributed by atoms with Crippen LogP contribution in [0.4, 0.5) is 0 Å². The molecule has 1 aliphatic rings. The average molecular weight is 261 g/mol. The Labute approximate surface area is 117 Å². The van der Waals surface area contributed by atoms with Gasteiger partial charge in [0.15, 0.2) is 0 Å². The monoisotopic (exact) mass is 261 g/mol. The molecule has 0 bridgehead atoms. The van der Waals surface area contributed by atoms with Gasteiger partial charge >= 0.3 is 0 Å². The smallest absolute Gasteiger partial charge is 0.104 e. The van der Waals surface area contributed by atoms with E-state index < -0.39 is 6.10 Å². The summed E-state index contributed by atoms with van der Waals surface area (Å²) < 4.78 is 2.15. The number of hydrogen-bond donors (Lipinski definition) is 1. The Morgan fingerprint density at radius 2 is 1.70 bits per heavy atom. The first-order valence-corrected chi connectivity index (χ1v) is 6.85. The van der Waals surface area contributed by atoms with Gasteiger partial charge in [-0.1, -0.05) is 54.6 Å². The molecule has 2 nitrogen and oxygen atoms in total. The summed E-state index contributed by atoms with van der Waals surface area (Å²) in [5.41, 5.74) is 3.26. The third-order valence-electron chi connectivity index (χ3n) is 4.06. The molecule has 0 spiro atoms. The fraction of sp³-hybridized carbons (Fsp3) is 0.111. The number of hydrogen-bond acceptors (Lipinski definition) is 1. The molecule has 1 N–H and O–H groups in total. The Balaban J connectivity index is 1.85. The van der Waals surface area contributed by atoms with Crippen LogP contribution in [0.25, 0.3) is 17.0 Å². The molecule has 0 aliphatic heterocycles. The highest BCUT2D eigenvalue weighted by Crippen LogP contribution is 2.36. The summed E-state index contributed by atoms with van der Waals surface area (Å²) in [7, 11) is 0. The van der Waals surface area contributed by atoms with E-state index in [1.165, 1.54) is 5.39 Å². The summed E-state index contributed by atoms with van der Waals surface area (Å²) in [6, 6.07) is 18.3. The molecule has 2 atom stereocenters. The van der Waals surface area contributed by atoms with Crippen LogP contribution in [0.3, 0.4) is 0 Å². The maximum Gasteiger partial charge on any atom is 0.104 e. The van der Waals surface area contributed by atoms with Crippen molar-refractivity contribution in [1.29, 1.82) is 0 Å². The van der Waals surface area contributed by atoms with E-state index in [4.69, 9.17) is 0 Å². The van der Waals surface area contributed by atoms with Crippen molar-refractivity contribution in [3.63, 3.8) is 0 Å². The van der Waals surface area contributed by atoms with Gasteiger partial charge in [0.25, 0.3) is 0 Å². The summed E-state index contributed by atoms with van der Waals surface area (Å²) in [5, 5.41) is 11.9. The Morgan fingerprint density at radius 1 is 0.900 bits per heavy atom. The van der Waals surface area contributed by atoms with Gasteiger partial charge in [-0.3, -0.25) is 0 Å². The molecule has 98 valence electrons. The van der Waals surface area contributed by atoms with Crippen LogP contribution in [0.2, 0.25) is 0 Å². The largest absolute Gasteiger partial charge is 0.386 e. The van der Waals surface area contributed by atoms with Crippen molar-refractivity contribution in [2.24, 2.45) is 0 Å². The second-order valence-corrected chi connectivity index (χ2v) is 5.21. The van der Waals surface area contributed by atoms with E-state index in [1.54, 1.807) is 0 Å². The van der Waals surface area contributed by atoms with Crippen LogP contribution in [-0.2, 0) is 0 Å². The standard InChI is InChI=1S/C18H15NO/c20-18-15-7-3-1-5-13(15)9-10-17(18)19-12-11-14-6-2-4-8-16(14)19/h1-12,17-18,20H/t17-,18-/m1/s1. The van der Waals surface area contributed by atoms with E-state index in [0.29, 0.717) is 0 Å². The molecule has 1 aliphatic carbocycles. The molecule has 4 rings (SSSR count). The van der Waals surface area contributed by atoms with Gasteiger partial charge in [-0.05, 0) is 28.6 Å². The zero-order chi connectivity index (χ0) is 13.5. The maximum atomic E-state index is 10.7. The molecule has 20 heavy (non-hydrogen) atoms.